The minimum absolute atomic E-state index is 0.0171. The van der Waals surface area contributed by atoms with Gasteiger partial charge in [-0.2, -0.15) is 0 Å². The molecule has 24 heavy (non-hydrogen) atoms. The second-order valence-corrected chi connectivity index (χ2v) is 7.24. The highest BCUT2D eigenvalue weighted by atomic mass is 32.2. The highest BCUT2D eigenvalue weighted by Crippen LogP contribution is 2.24. The number of carbonyl (C=O) groups is 1. The van der Waals surface area contributed by atoms with E-state index in [9.17, 15) is 4.79 Å². The number of nitrogens with zero attached hydrogens (tertiary/aromatic N) is 2. The maximum absolute atomic E-state index is 12.0. The van der Waals surface area contributed by atoms with Crippen molar-refractivity contribution < 1.29 is 4.79 Å². The van der Waals surface area contributed by atoms with Crippen molar-refractivity contribution in [3.63, 3.8) is 0 Å². The summed E-state index contributed by atoms with van der Waals surface area (Å²) in [5.41, 5.74) is 2.83. The molecule has 0 aliphatic carbocycles. The Balaban J connectivity index is 1.48. The molecule has 0 spiro atoms. The van der Waals surface area contributed by atoms with Crippen molar-refractivity contribution in [1.29, 1.82) is 0 Å². The first-order valence-corrected chi connectivity index (χ1v) is 9.43. The van der Waals surface area contributed by atoms with Gasteiger partial charge in [-0.05, 0) is 31.2 Å². The lowest BCUT2D eigenvalue weighted by atomic mass is 10.2. The summed E-state index contributed by atoms with van der Waals surface area (Å²) < 4.78 is 0. The van der Waals surface area contributed by atoms with E-state index in [1.807, 2.05) is 23.6 Å². The molecule has 1 N–H and O–H groups in total. The van der Waals surface area contributed by atoms with Gasteiger partial charge in [-0.1, -0.05) is 23.8 Å². The summed E-state index contributed by atoms with van der Waals surface area (Å²) in [6, 6.07) is 14.0. The fourth-order valence-corrected chi connectivity index (χ4v) is 3.61. The number of rotatable bonds is 6. The molecule has 0 saturated heterocycles. The van der Waals surface area contributed by atoms with Gasteiger partial charge in [-0.3, -0.25) is 9.78 Å². The smallest absolute Gasteiger partial charge is 0.226 e. The molecule has 0 bridgehead atoms. The summed E-state index contributed by atoms with van der Waals surface area (Å²) in [5, 5.41) is 5.37. The molecule has 2 heterocycles. The number of carbonyl (C=O) groups excluding carboxylic acids is 1. The van der Waals surface area contributed by atoms with Crippen LogP contribution in [0.3, 0.4) is 0 Å². The van der Waals surface area contributed by atoms with Gasteiger partial charge in [-0.15, -0.1) is 23.1 Å². The van der Waals surface area contributed by atoms with Crippen LogP contribution in [-0.4, -0.2) is 21.6 Å². The maximum atomic E-state index is 12.0. The molecule has 0 atom stereocenters. The fraction of sp³-hybridized carbons (Fsp3) is 0.167. The lowest BCUT2D eigenvalue weighted by molar-refractivity contribution is -0.115. The largest absolute Gasteiger partial charge is 0.302 e. The van der Waals surface area contributed by atoms with Gasteiger partial charge < -0.3 is 5.32 Å². The summed E-state index contributed by atoms with van der Waals surface area (Å²) in [7, 11) is 0. The van der Waals surface area contributed by atoms with E-state index in [1.54, 1.807) is 18.0 Å². The molecule has 2 aromatic heterocycles. The van der Waals surface area contributed by atoms with Crippen molar-refractivity contribution in [2.24, 2.45) is 0 Å². The average molecular weight is 355 g/mol. The number of hydrogen-bond acceptors (Lipinski definition) is 5. The Morgan fingerprint density at radius 2 is 2.00 bits per heavy atom. The minimum Gasteiger partial charge on any atom is -0.302 e. The molecule has 0 aliphatic heterocycles. The van der Waals surface area contributed by atoms with E-state index in [0.717, 1.165) is 17.1 Å². The number of benzene rings is 1. The van der Waals surface area contributed by atoms with E-state index in [0.29, 0.717) is 11.6 Å². The second kappa shape index (κ2) is 8.08. The fourth-order valence-electron chi connectivity index (χ4n) is 2.04. The molecule has 4 nitrogen and oxygen atoms in total. The van der Waals surface area contributed by atoms with Gasteiger partial charge in [0.25, 0.3) is 0 Å². The Bertz CT molecular complexity index is 801. The molecular weight excluding hydrogens is 338 g/mol. The zero-order valence-corrected chi connectivity index (χ0v) is 14.9. The summed E-state index contributed by atoms with van der Waals surface area (Å²) in [6.07, 6.45) is 2.19. The Kier molecular flexibility index (Phi) is 5.61. The lowest BCUT2D eigenvalue weighted by Gasteiger charge is -2.03. The number of pyridine rings is 1. The van der Waals surface area contributed by atoms with Gasteiger partial charge in [0.2, 0.25) is 5.91 Å². The highest BCUT2D eigenvalue weighted by molar-refractivity contribution is 7.99. The molecule has 0 radical (unpaired) electrons. The van der Waals surface area contributed by atoms with Crippen LogP contribution in [0.5, 0.6) is 0 Å². The van der Waals surface area contributed by atoms with Crippen molar-refractivity contribution >= 4 is 34.1 Å². The number of amides is 1. The van der Waals surface area contributed by atoms with E-state index in [4.69, 9.17) is 0 Å². The lowest BCUT2D eigenvalue weighted by Crippen LogP contribution is -2.11. The van der Waals surface area contributed by atoms with Crippen molar-refractivity contribution in [1.82, 2.24) is 9.97 Å². The van der Waals surface area contributed by atoms with E-state index in [2.05, 4.69) is 46.5 Å². The second-order valence-electron chi connectivity index (χ2n) is 5.21. The van der Waals surface area contributed by atoms with Crippen LogP contribution in [0.15, 0.2) is 58.9 Å². The van der Waals surface area contributed by atoms with Crippen LogP contribution in [0, 0.1) is 6.92 Å². The van der Waals surface area contributed by atoms with Crippen molar-refractivity contribution in [2.75, 3.05) is 11.1 Å². The first kappa shape index (κ1) is 16.7. The zero-order chi connectivity index (χ0) is 16.8. The predicted molar refractivity (Wildman–Crippen MR) is 100 cm³/mol. The number of hydrogen-bond donors (Lipinski definition) is 1. The van der Waals surface area contributed by atoms with Crippen molar-refractivity contribution in [2.45, 2.75) is 18.2 Å². The number of nitrogens with one attached hydrogen (secondary N) is 1. The van der Waals surface area contributed by atoms with Gasteiger partial charge in [-0.25, -0.2) is 4.98 Å². The third-order valence-electron chi connectivity index (χ3n) is 3.30. The van der Waals surface area contributed by atoms with Gasteiger partial charge in [0.05, 0.1) is 5.69 Å². The summed E-state index contributed by atoms with van der Waals surface area (Å²) >= 11 is 3.10. The Morgan fingerprint density at radius 3 is 2.75 bits per heavy atom. The minimum atomic E-state index is -0.0171. The van der Waals surface area contributed by atoms with Crippen LogP contribution in [0.25, 0.3) is 11.4 Å². The van der Waals surface area contributed by atoms with Gasteiger partial charge in [0.1, 0.15) is 5.69 Å². The van der Waals surface area contributed by atoms with Gasteiger partial charge in [0.15, 0.2) is 5.13 Å². The van der Waals surface area contributed by atoms with E-state index < -0.39 is 0 Å². The predicted octanol–water partition coefficient (Wildman–Crippen LogP) is 4.63. The SMILES string of the molecule is Cc1ccc(SCCC(=O)Nc2nc(-c3ccccn3)cs2)cc1. The summed E-state index contributed by atoms with van der Waals surface area (Å²) in [4.78, 5) is 21.9. The Hall–Kier alpha value is -2.18. The number of anilines is 1. The number of aryl methyl sites for hydroxylation is 1. The molecule has 6 heteroatoms. The molecule has 0 aliphatic rings. The molecule has 1 aromatic carbocycles. The number of thiazole rings is 1. The van der Waals surface area contributed by atoms with Crippen LogP contribution >= 0.6 is 23.1 Å². The first-order valence-electron chi connectivity index (χ1n) is 7.57. The molecule has 0 unspecified atom stereocenters. The quantitative estimate of drug-likeness (QED) is 0.655. The Morgan fingerprint density at radius 1 is 1.17 bits per heavy atom. The van der Waals surface area contributed by atoms with Crippen LogP contribution < -0.4 is 5.32 Å². The van der Waals surface area contributed by atoms with Gasteiger partial charge >= 0.3 is 0 Å². The van der Waals surface area contributed by atoms with Crippen LogP contribution in [0.2, 0.25) is 0 Å². The number of aromatic nitrogens is 2. The highest BCUT2D eigenvalue weighted by Gasteiger charge is 2.08. The third-order valence-corrected chi connectivity index (χ3v) is 5.07. The van der Waals surface area contributed by atoms with Crippen LogP contribution in [-0.2, 0) is 4.79 Å². The molecule has 122 valence electrons. The molecular formula is C18H17N3OS2. The summed E-state index contributed by atoms with van der Waals surface area (Å²) in [5.74, 6) is 0.726. The molecule has 3 rings (SSSR count). The third kappa shape index (κ3) is 4.66. The topological polar surface area (TPSA) is 54.9 Å². The van der Waals surface area contributed by atoms with Crippen molar-refractivity contribution in [3.8, 4) is 11.4 Å². The first-order chi connectivity index (χ1) is 11.7. The van der Waals surface area contributed by atoms with E-state index in [-0.39, 0.29) is 5.91 Å². The standard InChI is InChI=1S/C18H17N3OS2/c1-13-5-7-14(8-6-13)23-11-9-17(22)21-18-20-16(12-24-18)15-4-2-3-10-19-15/h2-8,10,12H,9,11H2,1H3,(H,20,21,22). The van der Waals surface area contributed by atoms with Crippen LogP contribution in [0.1, 0.15) is 12.0 Å². The maximum Gasteiger partial charge on any atom is 0.226 e. The average Bonchev–Trinajstić information content (AvgIpc) is 3.06. The molecule has 0 fully saturated rings. The van der Waals surface area contributed by atoms with E-state index >= 15 is 0 Å². The van der Waals surface area contributed by atoms with Crippen molar-refractivity contribution in [3.05, 3.63) is 59.6 Å². The Labute approximate surface area is 149 Å². The number of thioether (sulfide) groups is 1. The normalized spacial score (nSPS) is 10.5. The van der Waals surface area contributed by atoms with Gasteiger partial charge in [0, 0.05) is 28.6 Å². The monoisotopic (exact) mass is 355 g/mol. The molecule has 1 amide bonds. The van der Waals surface area contributed by atoms with E-state index in [1.165, 1.54) is 21.8 Å². The molecule has 3 aromatic rings. The summed E-state index contributed by atoms with van der Waals surface area (Å²) in [6.45, 7) is 2.06. The molecule has 0 saturated carbocycles. The zero-order valence-electron chi connectivity index (χ0n) is 13.2. The van der Waals surface area contributed by atoms with Crippen LogP contribution in [0.4, 0.5) is 5.13 Å².